The van der Waals surface area contributed by atoms with Crippen molar-refractivity contribution in [2.45, 2.75) is 53.6 Å². The number of hydrogen-bond acceptors (Lipinski definition) is 5. The Hall–Kier alpha value is -3.28. The lowest BCUT2D eigenvalue weighted by Gasteiger charge is -2.21. The second kappa shape index (κ2) is 11.3. The van der Waals surface area contributed by atoms with E-state index in [0.717, 1.165) is 17.7 Å². The largest absolute Gasteiger partial charge is 0.443 e. The molecule has 5 rings (SSSR count). The van der Waals surface area contributed by atoms with Crippen molar-refractivity contribution in [3.8, 4) is 0 Å². The quantitative estimate of drug-likeness (QED) is 0.235. The standard InChI is InChI=1S/C29H26F3NO5S2/c30-29(31,32)23-13-10-21(11-14-23)19-39(35)24-7-3-5-20(17-24)12-15-26(34)25-8-4-16-33(25)40(36,37)28-18-22-6-1-2-9-27(22)38-28/h1-3,5-7,9-11,13-14,17-18,25H,4,8,12,15-16,19H2/t25-,39?/m0/s1. The summed E-state index contributed by atoms with van der Waals surface area (Å²) in [6, 6.07) is 19.1. The molecule has 11 heteroatoms. The van der Waals surface area contributed by atoms with Crippen LogP contribution in [-0.4, -0.2) is 35.3 Å². The molecule has 0 saturated carbocycles. The monoisotopic (exact) mass is 589 g/mol. The zero-order chi connectivity index (χ0) is 28.5. The second-order valence-corrected chi connectivity index (χ2v) is 12.9. The maximum atomic E-state index is 13.3. The van der Waals surface area contributed by atoms with Crippen LogP contribution in [0.4, 0.5) is 13.2 Å². The minimum Gasteiger partial charge on any atom is -0.443 e. The van der Waals surface area contributed by atoms with Crippen LogP contribution in [0.5, 0.6) is 0 Å². The van der Waals surface area contributed by atoms with E-state index in [1.54, 1.807) is 48.5 Å². The van der Waals surface area contributed by atoms with Crippen molar-refractivity contribution in [3.05, 3.63) is 95.6 Å². The molecular formula is C29H26F3NO5S2. The third-order valence-electron chi connectivity index (χ3n) is 6.94. The fourth-order valence-corrected chi connectivity index (χ4v) is 7.66. The molecule has 1 aliphatic rings. The molecule has 1 aliphatic heterocycles. The number of alkyl halides is 3. The Morgan fingerprint density at radius 2 is 1.73 bits per heavy atom. The number of nitrogens with zero attached hydrogens (tertiary/aromatic N) is 1. The molecule has 1 aromatic heterocycles. The lowest BCUT2D eigenvalue weighted by Crippen LogP contribution is -2.40. The molecule has 0 bridgehead atoms. The van der Waals surface area contributed by atoms with Crippen LogP contribution in [0.2, 0.25) is 0 Å². The average Bonchev–Trinajstić information content (AvgIpc) is 3.60. The van der Waals surface area contributed by atoms with Crippen molar-refractivity contribution in [1.82, 2.24) is 4.31 Å². The molecule has 2 heterocycles. The number of carbonyl (C=O) groups excluding carboxylic acids is 1. The number of hydrogen-bond donors (Lipinski definition) is 0. The average molecular weight is 590 g/mol. The highest BCUT2D eigenvalue weighted by atomic mass is 32.2. The number of fused-ring (bicyclic) bond motifs is 1. The van der Waals surface area contributed by atoms with E-state index in [1.165, 1.54) is 22.5 Å². The first-order valence-corrected chi connectivity index (χ1v) is 15.4. The summed E-state index contributed by atoms with van der Waals surface area (Å²) >= 11 is 0. The van der Waals surface area contributed by atoms with Crippen LogP contribution in [0.25, 0.3) is 11.0 Å². The minimum atomic E-state index is -4.43. The van der Waals surface area contributed by atoms with Gasteiger partial charge in [0.25, 0.3) is 10.0 Å². The summed E-state index contributed by atoms with van der Waals surface area (Å²) in [5.74, 6) is -0.148. The van der Waals surface area contributed by atoms with E-state index in [0.29, 0.717) is 40.7 Å². The van der Waals surface area contributed by atoms with Crippen LogP contribution in [0.3, 0.4) is 0 Å². The first-order chi connectivity index (χ1) is 19.0. The van der Waals surface area contributed by atoms with Gasteiger partial charge in [-0.1, -0.05) is 42.5 Å². The van der Waals surface area contributed by atoms with Crippen LogP contribution in [0.15, 0.2) is 93.3 Å². The molecule has 4 aromatic rings. The molecule has 1 saturated heterocycles. The number of benzene rings is 3. The summed E-state index contributed by atoms with van der Waals surface area (Å²) in [5.41, 5.74) is 0.967. The number of ketones is 1. The Kier molecular flexibility index (Phi) is 7.98. The minimum absolute atomic E-state index is 0.0528. The van der Waals surface area contributed by atoms with Crippen molar-refractivity contribution in [2.75, 3.05) is 6.54 Å². The smallest absolute Gasteiger partial charge is 0.416 e. The van der Waals surface area contributed by atoms with Gasteiger partial charge >= 0.3 is 6.18 Å². The van der Waals surface area contributed by atoms with Crippen LogP contribution in [0.1, 0.15) is 36.0 Å². The number of para-hydroxylation sites is 1. The number of halogens is 3. The van der Waals surface area contributed by atoms with Crippen molar-refractivity contribution in [1.29, 1.82) is 0 Å². The zero-order valence-corrected chi connectivity index (χ0v) is 22.9. The van der Waals surface area contributed by atoms with Crippen LogP contribution < -0.4 is 0 Å². The van der Waals surface area contributed by atoms with E-state index in [2.05, 4.69) is 0 Å². The number of rotatable bonds is 9. The van der Waals surface area contributed by atoms with Crippen molar-refractivity contribution >= 4 is 37.6 Å². The number of furan rings is 1. The highest BCUT2D eigenvalue weighted by Crippen LogP contribution is 2.32. The van der Waals surface area contributed by atoms with E-state index >= 15 is 0 Å². The van der Waals surface area contributed by atoms with Gasteiger partial charge < -0.3 is 4.42 Å². The van der Waals surface area contributed by atoms with E-state index in [1.807, 2.05) is 0 Å². The SMILES string of the molecule is O=C(CCc1cccc(S(=O)Cc2ccc(C(F)(F)F)cc2)c1)[C@@H]1CCCN1S(=O)(=O)c1cc2ccccc2o1. The highest BCUT2D eigenvalue weighted by Gasteiger charge is 2.40. The highest BCUT2D eigenvalue weighted by molar-refractivity contribution is 7.89. The Morgan fingerprint density at radius 3 is 2.45 bits per heavy atom. The van der Waals surface area contributed by atoms with Gasteiger partial charge in [0, 0.05) is 29.3 Å². The Labute approximate surface area is 232 Å². The topological polar surface area (TPSA) is 84.7 Å². The van der Waals surface area contributed by atoms with Crippen molar-refractivity contribution in [2.24, 2.45) is 0 Å². The summed E-state index contributed by atoms with van der Waals surface area (Å²) in [4.78, 5) is 13.7. The molecule has 40 heavy (non-hydrogen) atoms. The van der Waals surface area contributed by atoms with Gasteiger partial charge in [-0.05, 0) is 60.7 Å². The maximum absolute atomic E-state index is 13.3. The fourth-order valence-electron chi connectivity index (χ4n) is 4.85. The Bertz CT molecular complexity index is 1630. The van der Waals surface area contributed by atoms with Gasteiger partial charge in [-0.25, -0.2) is 8.42 Å². The predicted molar refractivity (Wildman–Crippen MR) is 144 cm³/mol. The van der Waals surface area contributed by atoms with E-state index in [4.69, 9.17) is 4.42 Å². The first-order valence-electron chi connectivity index (χ1n) is 12.7. The molecule has 1 unspecified atom stereocenters. The molecule has 2 atom stereocenters. The summed E-state index contributed by atoms with van der Waals surface area (Å²) in [6.07, 6.45) is -3.01. The van der Waals surface area contributed by atoms with Gasteiger partial charge in [-0.15, -0.1) is 0 Å². The molecule has 3 aromatic carbocycles. The molecule has 0 spiro atoms. The number of Topliss-reactive ketones (excluding diaryl/α,β-unsaturated/α-hetero) is 1. The lowest BCUT2D eigenvalue weighted by molar-refractivity contribution is -0.137. The first kappa shape index (κ1) is 28.3. The molecule has 0 amide bonds. The molecule has 0 radical (unpaired) electrons. The van der Waals surface area contributed by atoms with Crippen LogP contribution in [-0.2, 0) is 44.0 Å². The van der Waals surface area contributed by atoms with Gasteiger partial charge in [-0.2, -0.15) is 17.5 Å². The van der Waals surface area contributed by atoms with Gasteiger partial charge in [0.05, 0.1) is 28.2 Å². The Morgan fingerprint density at radius 1 is 0.975 bits per heavy atom. The molecule has 0 N–H and O–H groups in total. The van der Waals surface area contributed by atoms with Gasteiger partial charge in [0.1, 0.15) is 5.58 Å². The fraction of sp³-hybridized carbons (Fsp3) is 0.276. The molecule has 0 aliphatic carbocycles. The van der Waals surface area contributed by atoms with Gasteiger partial charge in [0.2, 0.25) is 5.09 Å². The summed E-state index contributed by atoms with van der Waals surface area (Å²) in [6.45, 7) is 0.230. The molecular weight excluding hydrogens is 563 g/mol. The van der Waals surface area contributed by atoms with E-state index in [-0.39, 0.29) is 29.6 Å². The second-order valence-electron chi connectivity index (χ2n) is 9.68. The van der Waals surface area contributed by atoms with Crippen molar-refractivity contribution < 1.29 is 35.0 Å². The van der Waals surface area contributed by atoms with Crippen molar-refractivity contribution in [3.63, 3.8) is 0 Å². The van der Waals surface area contributed by atoms with Crippen LogP contribution >= 0.6 is 0 Å². The summed E-state index contributed by atoms with van der Waals surface area (Å²) < 4.78 is 84.7. The summed E-state index contributed by atoms with van der Waals surface area (Å²) in [7, 11) is -5.49. The van der Waals surface area contributed by atoms with E-state index < -0.39 is 38.6 Å². The van der Waals surface area contributed by atoms with Gasteiger partial charge in [0.15, 0.2) is 5.78 Å². The molecule has 6 nitrogen and oxygen atoms in total. The molecule has 210 valence electrons. The third-order valence-corrected chi connectivity index (χ3v) is 10.1. The Balaban J connectivity index is 1.23. The number of carbonyl (C=O) groups is 1. The summed E-state index contributed by atoms with van der Waals surface area (Å²) in [5, 5.41) is 0.482. The predicted octanol–water partition coefficient (Wildman–Crippen LogP) is 6.11. The number of sulfonamides is 1. The molecule has 1 fully saturated rings. The lowest BCUT2D eigenvalue weighted by atomic mass is 10.0. The van der Waals surface area contributed by atoms with Gasteiger partial charge in [-0.3, -0.25) is 9.00 Å². The number of aryl methyl sites for hydroxylation is 1. The third kappa shape index (κ3) is 6.06. The van der Waals surface area contributed by atoms with Crippen LogP contribution in [0, 0.1) is 0 Å². The van der Waals surface area contributed by atoms with E-state index in [9.17, 15) is 30.6 Å². The maximum Gasteiger partial charge on any atom is 0.416 e. The zero-order valence-electron chi connectivity index (χ0n) is 21.3. The normalized spacial score (nSPS) is 17.3.